The highest BCUT2D eigenvalue weighted by molar-refractivity contribution is 7.89. The maximum atomic E-state index is 12.9. The van der Waals surface area contributed by atoms with Gasteiger partial charge in [-0.15, -0.1) is 0 Å². The van der Waals surface area contributed by atoms with Gasteiger partial charge in [0.25, 0.3) is 5.69 Å². The van der Waals surface area contributed by atoms with Crippen molar-refractivity contribution in [2.24, 2.45) is 5.92 Å². The first-order valence-corrected chi connectivity index (χ1v) is 12.0. The Kier molecular flexibility index (Phi) is 6.31. The van der Waals surface area contributed by atoms with Gasteiger partial charge in [-0.05, 0) is 55.9 Å². The molecule has 0 amide bonds. The van der Waals surface area contributed by atoms with Crippen molar-refractivity contribution in [2.45, 2.75) is 49.6 Å². The molecule has 1 atom stereocenters. The van der Waals surface area contributed by atoms with E-state index in [9.17, 15) is 18.5 Å². The molecular weight excluding hydrogens is 422 g/mol. The number of sulfonamides is 1. The normalized spacial score (nSPS) is 24.8. The van der Waals surface area contributed by atoms with Gasteiger partial charge in [0.2, 0.25) is 10.0 Å². The number of nitro groups is 1. The van der Waals surface area contributed by atoms with Crippen LogP contribution < -0.4 is 9.62 Å². The summed E-state index contributed by atoms with van der Waals surface area (Å²) in [6, 6.07) is 7.54. The highest BCUT2D eigenvalue weighted by Gasteiger charge is 2.31. The van der Waals surface area contributed by atoms with Crippen molar-refractivity contribution in [3.05, 3.63) is 52.5 Å². The topological polar surface area (TPSA) is 115 Å². The van der Waals surface area contributed by atoms with E-state index in [-0.39, 0.29) is 22.7 Å². The van der Waals surface area contributed by atoms with Gasteiger partial charge in [-0.1, -0.05) is 6.92 Å². The molecule has 2 aliphatic rings. The van der Waals surface area contributed by atoms with Crippen LogP contribution in [-0.2, 0) is 14.8 Å². The van der Waals surface area contributed by atoms with Crippen LogP contribution in [0.1, 0.15) is 44.5 Å². The number of nitrogens with zero attached hydrogens (tertiary/aromatic N) is 2. The number of nitro benzene ring substituents is 1. The lowest BCUT2D eigenvalue weighted by Crippen LogP contribution is -2.39. The van der Waals surface area contributed by atoms with Gasteiger partial charge in [-0.3, -0.25) is 10.1 Å². The largest absolute Gasteiger partial charge is 0.467 e. The Morgan fingerprint density at radius 3 is 2.65 bits per heavy atom. The number of ether oxygens (including phenoxy) is 1. The molecule has 168 valence electrons. The van der Waals surface area contributed by atoms with E-state index in [1.807, 2.05) is 4.90 Å². The molecule has 31 heavy (non-hydrogen) atoms. The first-order chi connectivity index (χ1) is 14.8. The van der Waals surface area contributed by atoms with E-state index in [2.05, 4.69) is 11.6 Å². The van der Waals surface area contributed by atoms with Crippen molar-refractivity contribution in [3.63, 3.8) is 0 Å². The molecule has 2 heterocycles. The number of morpholine rings is 1. The minimum Gasteiger partial charge on any atom is -0.467 e. The quantitative estimate of drug-likeness (QED) is 0.529. The molecule has 2 aromatic rings. The molecule has 0 bridgehead atoms. The number of nitrogens with one attached hydrogen (secondary N) is 1. The molecule has 4 rings (SSSR count). The van der Waals surface area contributed by atoms with Crippen molar-refractivity contribution >= 4 is 21.4 Å². The summed E-state index contributed by atoms with van der Waals surface area (Å²) in [5.74, 6) is 1.25. The molecule has 1 N–H and O–H groups in total. The van der Waals surface area contributed by atoms with Crippen LogP contribution in [0.25, 0.3) is 0 Å². The van der Waals surface area contributed by atoms with Crippen LogP contribution in [0.4, 0.5) is 11.4 Å². The molecule has 1 aliphatic carbocycles. The van der Waals surface area contributed by atoms with Crippen LogP contribution in [0.15, 0.2) is 45.9 Å². The van der Waals surface area contributed by atoms with Gasteiger partial charge in [0.05, 0.1) is 29.2 Å². The molecule has 1 saturated carbocycles. The summed E-state index contributed by atoms with van der Waals surface area (Å²) in [6.07, 6.45) is 4.72. The SMILES string of the molecule is CC1CCC(NS(=O)(=O)c2ccc(N3CCOC(c4ccco4)C3)c([N+](=O)[O-])c2)CC1. The smallest absolute Gasteiger partial charge is 0.293 e. The monoisotopic (exact) mass is 449 g/mol. The summed E-state index contributed by atoms with van der Waals surface area (Å²) in [5, 5.41) is 11.8. The average molecular weight is 450 g/mol. The molecule has 1 unspecified atom stereocenters. The first-order valence-electron chi connectivity index (χ1n) is 10.5. The lowest BCUT2D eigenvalue weighted by molar-refractivity contribution is -0.384. The summed E-state index contributed by atoms with van der Waals surface area (Å²) >= 11 is 0. The maximum Gasteiger partial charge on any atom is 0.293 e. The fourth-order valence-electron chi connectivity index (χ4n) is 4.26. The second-order valence-corrected chi connectivity index (χ2v) is 10.0. The Hall–Kier alpha value is -2.43. The van der Waals surface area contributed by atoms with Gasteiger partial charge >= 0.3 is 0 Å². The number of furan rings is 1. The van der Waals surface area contributed by atoms with E-state index >= 15 is 0 Å². The van der Waals surface area contributed by atoms with E-state index in [4.69, 9.17) is 9.15 Å². The Balaban J connectivity index is 1.56. The molecule has 0 radical (unpaired) electrons. The van der Waals surface area contributed by atoms with Gasteiger partial charge in [0, 0.05) is 18.7 Å². The van der Waals surface area contributed by atoms with Crippen molar-refractivity contribution in [2.75, 3.05) is 24.6 Å². The zero-order valence-corrected chi connectivity index (χ0v) is 18.2. The lowest BCUT2D eigenvalue weighted by atomic mass is 9.88. The molecule has 0 spiro atoms. The number of anilines is 1. The Bertz CT molecular complexity index is 1020. The molecular formula is C21H27N3O6S. The van der Waals surface area contributed by atoms with Crippen molar-refractivity contribution in [1.82, 2.24) is 4.72 Å². The van der Waals surface area contributed by atoms with Crippen LogP contribution in [0.5, 0.6) is 0 Å². The molecule has 2 fully saturated rings. The van der Waals surface area contributed by atoms with E-state index in [0.29, 0.717) is 37.1 Å². The summed E-state index contributed by atoms with van der Waals surface area (Å²) < 4.78 is 39.6. The number of hydrogen-bond acceptors (Lipinski definition) is 7. The third-order valence-electron chi connectivity index (χ3n) is 6.06. The van der Waals surface area contributed by atoms with E-state index in [1.54, 1.807) is 18.4 Å². The van der Waals surface area contributed by atoms with Gasteiger partial charge in [-0.2, -0.15) is 0 Å². The van der Waals surface area contributed by atoms with Crippen molar-refractivity contribution in [1.29, 1.82) is 0 Å². The molecule has 1 aromatic heterocycles. The standard InChI is InChI=1S/C21H27N3O6S/c1-15-4-6-16(7-5-15)22-31(27,28)17-8-9-18(19(13-17)24(25)26)23-10-12-30-21(14-23)20-3-2-11-29-20/h2-3,8-9,11,13,15-16,21-22H,4-7,10,12,14H2,1H3. The van der Waals surface area contributed by atoms with Gasteiger partial charge < -0.3 is 14.1 Å². The molecule has 1 aliphatic heterocycles. The first kappa shape index (κ1) is 21.8. The Labute approximate surface area is 181 Å². The minimum absolute atomic E-state index is 0.0857. The maximum absolute atomic E-state index is 12.9. The zero-order chi connectivity index (χ0) is 22.0. The van der Waals surface area contributed by atoms with E-state index in [1.165, 1.54) is 12.1 Å². The lowest BCUT2D eigenvalue weighted by Gasteiger charge is -2.33. The predicted octanol–water partition coefficient (Wildman–Crippen LogP) is 3.62. The van der Waals surface area contributed by atoms with Gasteiger partial charge in [0.1, 0.15) is 17.6 Å². The second-order valence-electron chi connectivity index (χ2n) is 8.31. The van der Waals surface area contributed by atoms with Crippen molar-refractivity contribution in [3.8, 4) is 0 Å². The highest BCUT2D eigenvalue weighted by Crippen LogP contribution is 2.34. The molecule has 1 saturated heterocycles. The molecule has 9 nitrogen and oxygen atoms in total. The summed E-state index contributed by atoms with van der Waals surface area (Å²) in [7, 11) is -3.84. The van der Waals surface area contributed by atoms with E-state index in [0.717, 1.165) is 31.7 Å². The van der Waals surface area contributed by atoms with Gasteiger partial charge in [-0.25, -0.2) is 13.1 Å². The van der Waals surface area contributed by atoms with Crippen LogP contribution in [0.2, 0.25) is 0 Å². The van der Waals surface area contributed by atoms with Crippen molar-refractivity contribution < 1.29 is 22.5 Å². The summed E-state index contributed by atoms with van der Waals surface area (Å²) in [6.45, 7) is 3.38. The zero-order valence-electron chi connectivity index (χ0n) is 17.4. The number of hydrogen-bond donors (Lipinski definition) is 1. The summed E-state index contributed by atoms with van der Waals surface area (Å²) in [5.41, 5.74) is 0.135. The third-order valence-corrected chi connectivity index (χ3v) is 7.58. The Morgan fingerprint density at radius 1 is 1.19 bits per heavy atom. The average Bonchev–Trinajstić information content (AvgIpc) is 3.30. The highest BCUT2D eigenvalue weighted by atomic mass is 32.2. The molecule has 10 heteroatoms. The predicted molar refractivity (Wildman–Crippen MR) is 114 cm³/mol. The fraction of sp³-hybridized carbons (Fsp3) is 0.524. The van der Waals surface area contributed by atoms with Crippen LogP contribution in [-0.4, -0.2) is 39.1 Å². The number of benzene rings is 1. The third kappa shape index (κ3) is 4.91. The van der Waals surface area contributed by atoms with Crippen LogP contribution >= 0.6 is 0 Å². The minimum atomic E-state index is -3.84. The van der Waals surface area contributed by atoms with Crippen LogP contribution in [0.3, 0.4) is 0 Å². The Morgan fingerprint density at radius 2 is 1.97 bits per heavy atom. The summed E-state index contributed by atoms with van der Waals surface area (Å²) in [4.78, 5) is 13.0. The fourth-order valence-corrected chi connectivity index (χ4v) is 5.59. The second kappa shape index (κ2) is 8.97. The molecule has 1 aromatic carbocycles. The van der Waals surface area contributed by atoms with E-state index < -0.39 is 14.9 Å². The van der Waals surface area contributed by atoms with Crippen LogP contribution in [0, 0.1) is 16.0 Å². The number of rotatable bonds is 6. The van der Waals surface area contributed by atoms with Gasteiger partial charge in [0.15, 0.2) is 0 Å².